The van der Waals surface area contributed by atoms with Gasteiger partial charge >= 0.3 is 0 Å². The first kappa shape index (κ1) is 16.9. The Bertz CT molecular complexity index is 645. The summed E-state index contributed by atoms with van der Waals surface area (Å²) in [5, 5.41) is 5.67. The summed E-state index contributed by atoms with van der Waals surface area (Å²) in [6.45, 7) is 2.79. The number of carbonyl (C=O) groups excluding carboxylic acids is 1. The van der Waals surface area contributed by atoms with E-state index < -0.39 is 0 Å². The highest BCUT2D eigenvalue weighted by molar-refractivity contribution is 7.80. The van der Waals surface area contributed by atoms with E-state index in [-0.39, 0.29) is 11.0 Å². The standard InChI is InChI=1S/C17H19N3O2S/c1-2-3-12-22-14-9-7-13(8-10-14)16(21)20-17(23)19-15-6-4-5-11-18-15/h4-11H,2-3,12H2,1H3,(H2,18,19,20,21,23). The van der Waals surface area contributed by atoms with E-state index in [2.05, 4.69) is 22.5 Å². The zero-order valence-corrected chi connectivity index (χ0v) is 13.7. The van der Waals surface area contributed by atoms with Crippen LogP contribution in [0.5, 0.6) is 5.75 Å². The fraction of sp³-hybridized carbons (Fsp3) is 0.235. The van der Waals surface area contributed by atoms with Gasteiger partial charge in [-0.05, 0) is 55.0 Å². The van der Waals surface area contributed by atoms with E-state index >= 15 is 0 Å². The number of rotatable bonds is 6. The highest BCUT2D eigenvalue weighted by Gasteiger charge is 2.08. The third-order valence-corrected chi connectivity index (χ3v) is 3.22. The summed E-state index contributed by atoms with van der Waals surface area (Å²) >= 11 is 5.10. The van der Waals surface area contributed by atoms with Crippen LogP contribution >= 0.6 is 12.2 Å². The van der Waals surface area contributed by atoms with Crippen LogP contribution in [0.2, 0.25) is 0 Å². The van der Waals surface area contributed by atoms with Crippen molar-refractivity contribution >= 4 is 29.1 Å². The molecule has 0 saturated carbocycles. The van der Waals surface area contributed by atoms with Crippen LogP contribution < -0.4 is 15.4 Å². The first-order valence-corrected chi connectivity index (χ1v) is 7.86. The van der Waals surface area contributed by atoms with Crippen molar-refractivity contribution < 1.29 is 9.53 Å². The van der Waals surface area contributed by atoms with Gasteiger partial charge in [0.1, 0.15) is 11.6 Å². The molecule has 2 N–H and O–H groups in total. The molecule has 1 aromatic heterocycles. The van der Waals surface area contributed by atoms with Gasteiger partial charge in [0.25, 0.3) is 5.91 Å². The fourth-order valence-electron chi connectivity index (χ4n) is 1.80. The molecule has 23 heavy (non-hydrogen) atoms. The van der Waals surface area contributed by atoms with E-state index in [1.54, 1.807) is 42.6 Å². The van der Waals surface area contributed by atoms with Crippen molar-refractivity contribution in [3.05, 3.63) is 54.2 Å². The number of carbonyl (C=O) groups is 1. The maximum absolute atomic E-state index is 12.1. The van der Waals surface area contributed by atoms with Crippen LogP contribution in [0.4, 0.5) is 5.82 Å². The number of anilines is 1. The summed E-state index contributed by atoms with van der Waals surface area (Å²) in [6.07, 6.45) is 3.74. The minimum Gasteiger partial charge on any atom is -0.494 e. The lowest BCUT2D eigenvalue weighted by atomic mass is 10.2. The monoisotopic (exact) mass is 329 g/mol. The highest BCUT2D eigenvalue weighted by Crippen LogP contribution is 2.12. The van der Waals surface area contributed by atoms with Crippen LogP contribution in [0, 0.1) is 0 Å². The number of unbranched alkanes of at least 4 members (excludes halogenated alkanes) is 1. The van der Waals surface area contributed by atoms with Crippen molar-refractivity contribution in [2.75, 3.05) is 11.9 Å². The van der Waals surface area contributed by atoms with Gasteiger partial charge in [-0.25, -0.2) is 4.98 Å². The Labute approximate surface area is 141 Å². The van der Waals surface area contributed by atoms with E-state index in [0.29, 0.717) is 18.0 Å². The van der Waals surface area contributed by atoms with Crippen molar-refractivity contribution in [3.63, 3.8) is 0 Å². The van der Waals surface area contributed by atoms with E-state index in [1.165, 1.54) is 0 Å². The second-order valence-corrected chi connectivity index (χ2v) is 5.26. The van der Waals surface area contributed by atoms with Crippen LogP contribution in [-0.2, 0) is 0 Å². The first-order valence-electron chi connectivity index (χ1n) is 7.45. The van der Waals surface area contributed by atoms with Gasteiger partial charge in [0.05, 0.1) is 6.61 Å². The maximum Gasteiger partial charge on any atom is 0.257 e. The Kier molecular flexibility index (Phi) is 6.50. The van der Waals surface area contributed by atoms with Crippen LogP contribution in [0.25, 0.3) is 0 Å². The third kappa shape index (κ3) is 5.67. The number of nitrogens with one attached hydrogen (secondary N) is 2. The van der Waals surface area contributed by atoms with Gasteiger partial charge < -0.3 is 10.1 Å². The molecule has 0 atom stereocenters. The van der Waals surface area contributed by atoms with Crippen molar-refractivity contribution in [1.29, 1.82) is 0 Å². The molecule has 0 unspecified atom stereocenters. The van der Waals surface area contributed by atoms with Gasteiger partial charge in [-0.1, -0.05) is 19.4 Å². The molecule has 120 valence electrons. The van der Waals surface area contributed by atoms with Crippen molar-refractivity contribution in [2.24, 2.45) is 0 Å². The van der Waals surface area contributed by atoms with Crippen molar-refractivity contribution in [2.45, 2.75) is 19.8 Å². The van der Waals surface area contributed by atoms with Gasteiger partial charge in [0, 0.05) is 11.8 Å². The molecule has 1 heterocycles. The normalized spacial score (nSPS) is 9.96. The Balaban J connectivity index is 1.86. The number of amides is 1. The third-order valence-electron chi connectivity index (χ3n) is 3.02. The van der Waals surface area contributed by atoms with Gasteiger partial charge in [0.2, 0.25) is 0 Å². The molecule has 2 rings (SSSR count). The zero-order chi connectivity index (χ0) is 16.5. The fourth-order valence-corrected chi connectivity index (χ4v) is 1.99. The number of pyridine rings is 1. The topological polar surface area (TPSA) is 63.2 Å². The van der Waals surface area contributed by atoms with E-state index in [9.17, 15) is 4.79 Å². The Hall–Kier alpha value is -2.47. The van der Waals surface area contributed by atoms with E-state index in [4.69, 9.17) is 17.0 Å². The molecule has 1 amide bonds. The Morgan fingerprint density at radius 3 is 2.65 bits per heavy atom. The van der Waals surface area contributed by atoms with Gasteiger partial charge in [-0.3, -0.25) is 10.1 Å². The smallest absolute Gasteiger partial charge is 0.257 e. The molecule has 5 nitrogen and oxygen atoms in total. The molecule has 1 aromatic carbocycles. The molecule has 6 heteroatoms. The zero-order valence-electron chi connectivity index (χ0n) is 12.9. The average Bonchev–Trinajstić information content (AvgIpc) is 2.56. The summed E-state index contributed by atoms with van der Waals surface area (Å²) in [7, 11) is 0. The lowest BCUT2D eigenvalue weighted by Crippen LogP contribution is -2.34. The predicted octanol–water partition coefficient (Wildman–Crippen LogP) is 3.39. The van der Waals surface area contributed by atoms with Crippen molar-refractivity contribution in [1.82, 2.24) is 10.3 Å². The minimum absolute atomic E-state index is 0.206. The summed E-state index contributed by atoms with van der Waals surface area (Å²) in [4.78, 5) is 16.2. The number of aromatic nitrogens is 1. The molecule has 0 fully saturated rings. The molecule has 0 aliphatic rings. The molecule has 0 aliphatic heterocycles. The molecule has 0 radical (unpaired) electrons. The first-order chi connectivity index (χ1) is 11.2. The SMILES string of the molecule is CCCCOc1ccc(C(=O)NC(=S)Nc2ccccn2)cc1. The predicted molar refractivity (Wildman–Crippen MR) is 94.8 cm³/mol. The summed E-state index contributed by atoms with van der Waals surface area (Å²) in [5.74, 6) is 1.06. The number of hydrogen-bond donors (Lipinski definition) is 2. The number of thiocarbonyl (C=S) groups is 1. The van der Waals surface area contributed by atoms with Crippen LogP contribution in [0.3, 0.4) is 0 Å². The average molecular weight is 329 g/mol. The molecular weight excluding hydrogens is 310 g/mol. The lowest BCUT2D eigenvalue weighted by molar-refractivity contribution is 0.0977. The summed E-state index contributed by atoms with van der Waals surface area (Å²) in [6, 6.07) is 12.4. The van der Waals surface area contributed by atoms with Gasteiger partial charge in [-0.2, -0.15) is 0 Å². The number of benzene rings is 1. The lowest BCUT2D eigenvalue weighted by Gasteiger charge is -2.09. The molecule has 0 bridgehead atoms. The quantitative estimate of drug-likeness (QED) is 0.628. The molecule has 0 spiro atoms. The molecule has 0 aliphatic carbocycles. The van der Waals surface area contributed by atoms with Crippen LogP contribution in [-0.4, -0.2) is 22.6 Å². The van der Waals surface area contributed by atoms with Crippen LogP contribution in [0.1, 0.15) is 30.1 Å². The largest absolute Gasteiger partial charge is 0.494 e. The second kappa shape index (κ2) is 8.85. The van der Waals surface area contributed by atoms with Crippen LogP contribution in [0.15, 0.2) is 48.7 Å². The van der Waals surface area contributed by atoms with Gasteiger partial charge in [0.15, 0.2) is 5.11 Å². The molecule has 2 aromatic rings. The number of hydrogen-bond acceptors (Lipinski definition) is 4. The minimum atomic E-state index is -0.279. The summed E-state index contributed by atoms with van der Waals surface area (Å²) < 4.78 is 5.56. The summed E-state index contributed by atoms with van der Waals surface area (Å²) in [5.41, 5.74) is 0.512. The Morgan fingerprint density at radius 2 is 2.00 bits per heavy atom. The Morgan fingerprint density at radius 1 is 1.22 bits per heavy atom. The molecule has 0 saturated heterocycles. The number of nitrogens with zero attached hydrogens (tertiary/aromatic N) is 1. The highest BCUT2D eigenvalue weighted by atomic mass is 32.1. The van der Waals surface area contributed by atoms with Gasteiger partial charge in [-0.15, -0.1) is 0 Å². The van der Waals surface area contributed by atoms with E-state index in [1.807, 2.05) is 6.07 Å². The van der Waals surface area contributed by atoms with E-state index in [0.717, 1.165) is 18.6 Å². The number of ether oxygens (including phenoxy) is 1. The maximum atomic E-state index is 12.1. The second-order valence-electron chi connectivity index (χ2n) is 4.85. The van der Waals surface area contributed by atoms with Crippen molar-refractivity contribution in [3.8, 4) is 5.75 Å². The molecular formula is C17H19N3O2S.